The SMILES string of the molecule is C[n+]1c(/C=C/c2ccc([N+](=O)[O-])cc2)sc2ccccc21.[I-]. The number of nitro benzene ring substituents is 1. The summed E-state index contributed by atoms with van der Waals surface area (Å²) in [7, 11) is 2.04. The lowest BCUT2D eigenvalue weighted by atomic mass is 10.2. The first kappa shape index (κ1) is 16.6. The Morgan fingerprint density at radius 3 is 2.41 bits per heavy atom. The van der Waals surface area contributed by atoms with Crippen molar-refractivity contribution in [3.8, 4) is 0 Å². The van der Waals surface area contributed by atoms with Gasteiger partial charge in [-0.05, 0) is 29.8 Å². The van der Waals surface area contributed by atoms with Gasteiger partial charge >= 0.3 is 0 Å². The monoisotopic (exact) mass is 424 g/mol. The molecule has 0 saturated heterocycles. The van der Waals surface area contributed by atoms with Crippen molar-refractivity contribution in [3.63, 3.8) is 0 Å². The summed E-state index contributed by atoms with van der Waals surface area (Å²) in [5.74, 6) is 0. The van der Waals surface area contributed by atoms with Gasteiger partial charge in [-0.15, -0.1) is 0 Å². The number of fused-ring (bicyclic) bond motifs is 1. The van der Waals surface area contributed by atoms with Crippen LogP contribution in [0.25, 0.3) is 22.4 Å². The first-order valence-corrected chi connectivity index (χ1v) is 7.27. The minimum Gasteiger partial charge on any atom is -1.00 e. The van der Waals surface area contributed by atoms with E-state index in [1.807, 2.05) is 31.3 Å². The van der Waals surface area contributed by atoms with Crippen molar-refractivity contribution >= 4 is 39.4 Å². The molecule has 0 amide bonds. The molecule has 112 valence electrons. The molecule has 0 atom stereocenters. The second-order valence-electron chi connectivity index (χ2n) is 4.65. The third-order valence-electron chi connectivity index (χ3n) is 3.29. The molecule has 3 aromatic rings. The van der Waals surface area contributed by atoms with Crippen LogP contribution in [0.3, 0.4) is 0 Å². The zero-order valence-electron chi connectivity index (χ0n) is 11.8. The van der Waals surface area contributed by atoms with Crippen LogP contribution in [0.1, 0.15) is 10.6 Å². The van der Waals surface area contributed by atoms with E-state index in [-0.39, 0.29) is 34.6 Å². The van der Waals surface area contributed by atoms with E-state index in [9.17, 15) is 10.1 Å². The third kappa shape index (κ3) is 3.33. The van der Waals surface area contributed by atoms with Crippen LogP contribution in [0.5, 0.6) is 0 Å². The summed E-state index contributed by atoms with van der Waals surface area (Å²) < 4.78 is 3.38. The zero-order chi connectivity index (χ0) is 14.8. The van der Waals surface area contributed by atoms with Crippen LogP contribution >= 0.6 is 11.3 Å². The lowest BCUT2D eigenvalue weighted by Gasteiger charge is -1.92. The molecule has 0 saturated carbocycles. The molecule has 0 N–H and O–H groups in total. The van der Waals surface area contributed by atoms with Gasteiger partial charge < -0.3 is 24.0 Å². The predicted octanol–water partition coefficient (Wildman–Crippen LogP) is 0.808. The summed E-state index contributed by atoms with van der Waals surface area (Å²) >= 11 is 1.72. The smallest absolute Gasteiger partial charge is 0.269 e. The van der Waals surface area contributed by atoms with E-state index < -0.39 is 0 Å². The molecule has 0 radical (unpaired) electrons. The van der Waals surface area contributed by atoms with Gasteiger partial charge in [0, 0.05) is 24.3 Å². The Hall–Kier alpha value is -1.80. The van der Waals surface area contributed by atoms with Crippen molar-refractivity contribution in [3.05, 3.63) is 69.2 Å². The van der Waals surface area contributed by atoms with Crippen LogP contribution < -0.4 is 28.5 Å². The average Bonchev–Trinajstić information content (AvgIpc) is 2.82. The maximum Gasteiger partial charge on any atom is 0.269 e. The van der Waals surface area contributed by atoms with Crippen molar-refractivity contribution in [2.45, 2.75) is 0 Å². The Kier molecular flexibility index (Phi) is 5.25. The molecule has 0 aliphatic carbocycles. The highest BCUT2D eigenvalue weighted by molar-refractivity contribution is 7.18. The van der Waals surface area contributed by atoms with Gasteiger partial charge in [0.2, 0.25) is 5.52 Å². The average molecular weight is 424 g/mol. The number of nitro groups is 1. The molecule has 0 aliphatic heterocycles. The quantitative estimate of drug-likeness (QED) is 0.271. The summed E-state index contributed by atoms with van der Waals surface area (Å²) in [5.41, 5.74) is 2.25. The Labute approximate surface area is 148 Å². The number of rotatable bonds is 3. The van der Waals surface area contributed by atoms with E-state index in [2.05, 4.69) is 16.7 Å². The van der Waals surface area contributed by atoms with Crippen LogP contribution in [-0.4, -0.2) is 4.92 Å². The van der Waals surface area contributed by atoms with Crippen molar-refractivity contribution in [1.29, 1.82) is 0 Å². The van der Waals surface area contributed by atoms with Crippen LogP contribution in [0, 0.1) is 10.1 Å². The van der Waals surface area contributed by atoms with E-state index in [0.717, 1.165) is 10.6 Å². The normalized spacial score (nSPS) is 10.8. The highest BCUT2D eigenvalue weighted by Gasteiger charge is 2.13. The first-order valence-electron chi connectivity index (χ1n) is 6.45. The largest absolute Gasteiger partial charge is 1.00 e. The predicted molar refractivity (Wildman–Crippen MR) is 85.0 cm³/mol. The fourth-order valence-electron chi connectivity index (χ4n) is 2.14. The first-order chi connectivity index (χ1) is 10.1. The standard InChI is InChI=1S/C16H13N2O2S.HI/c1-17-14-4-2-3-5-15(14)21-16(17)11-8-12-6-9-13(10-7-12)18(19)20;/h2-11H,1H3;1H/q+1;/p-1/b11-8+;. The zero-order valence-corrected chi connectivity index (χ0v) is 14.7. The van der Waals surface area contributed by atoms with Crippen LogP contribution in [0.4, 0.5) is 5.69 Å². The molecule has 22 heavy (non-hydrogen) atoms. The number of halogens is 1. The van der Waals surface area contributed by atoms with Gasteiger partial charge in [0.25, 0.3) is 10.7 Å². The summed E-state index contributed by atoms with van der Waals surface area (Å²) in [6, 6.07) is 14.8. The van der Waals surface area contributed by atoms with E-state index in [4.69, 9.17) is 0 Å². The highest BCUT2D eigenvalue weighted by Crippen LogP contribution is 2.21. The fourth-order valence-corrected chi connectivity index (χ4v) is 3.19. The van der Waals surface area contributed by atoms with E-state index in [0.29, 0.717) is 0 Å². The Morgan fingerprint density at radius 1 is 1.09 bits per heavy atom. The Morgan fingerprint density at radius 2 is 1.77 bits per heavy atom. The number of aryl methyl sites for hydroxylation is 1. The van der Waals surface area contributed by atoms with Crippen molar-refractivity contribution in [2.24, 2.45) is 7.05 Å². The summed E-state index contributed by atoms with van der Waals surface area (Å²) in [5, 5.41) is 11.8. The van der Waals surface area contributed by atoms with Gasteiger partial charge in [-0.25, -0.2) is 0 Å². The van der Waals surface area contributed by atoms with Crippen LogP contribution in [0.2, 0.25) is 0 Å². The Balaban J connectivity index is 0.00000176. The number of nitrogens with zero attached hydrogens (tertiary/aromatic N) is 2. The molecule has 0 spiro atoms. The lowest BCUT2D eigenvalue weighted by Crippen LogP contribution is -3.00. The van der Waals surface area contributed by atoms with Gasteiger partial charge in [-0.3, -0.25) is 10.1 Å². The number of thiazole rings is 1. The molecule has 0 fully saturated rings. The molecule has 1 aromatic heterocycles. The molecule has 0 unspecified atom stereocenters. The number of non-ortho nitro benzene ring substituents is 1. The maximum absolute atomic E-state index is 10.6. The van der Waals surface area contributed by atoms with Gasteiger partial charge in [0.1, 0.15) is 11.7 Å². The molecule has 1 heterocycles. The van der Waals surface area contributed by atoms with Crippen molar-refractivity contribution in [1.82, 2.24) is 0 Å². The topological polar surface area (TPSA) is 47.0 Å². The Bertz CT molecular complexity index is 841. The highest BCUT2D eigenvalue weighted by atomic mass is 127. The van der Waals surface area contributed by atoms with E-state index >= 15 is 0 Å². The number of aromatic nitrogens is 1. The van der Waals surface area contributed by atoms with Crippen molar-refractivity contribution in [2.75, 3.05) is 0 Å². The van der Waals surface area contributed by atoms with E-state index in [1.165, 1.54) is 22.3 Å². The number of para-hydroxylation sites is 1. The minimum absolute atomic E-state index is 0. The van der Waals surface area contributed by atoms with Crippen LogP contribution in [0.15, 0.2) is 48.5 Å². The molecule has 0 bridgehead atoms. The maximum atomic E-state index is 10.6. The van der Waals surface area contributed by atoms with Gasteiger partial charge in [-0.2, -0.15) is 4.57 Å². The number of benzene rings is 2. The second kappa shape index (κ2) is 6.97. The second-order valence-corrected chi connectivity index (χ2v) is 5.71. The summed E-state index contributed by atoms with van der Waals surface area (Å²) in [4.78, 5) is 10.2. The molecular formula is C16H13IN2O2S. The lowest BCUT2D eigenvalue weighted by molar-refractivity contribution is -0.642. The summed E-state index contributed by atoms with van der Waals surface area (Å²) in [6.45, 7) is 0. The van der Waals surface area contributed by atoms with Gasteiger partial charge in [0.15, 0.2) is 0 Å². The minimum atomic E-state index is -0.389. The fraction of sp³-hybridized carbons (Fsp3) is 0.0625. The van der Waals surface area contributed by atoms with Crippen LogP contribution in [-0.2, 0) is 7.05 Å². The molecule has 3 rings (SSSR count). The number of hydrogen-bond donors (Lipinski definition) is 0. The molecule has 0 aliphatic rings. The molecule has 2 aromatic carbocycles. The number of hydrogen-bond acceptors (Lipinski definition) is 3. The molecule has 6 heteroatoms. The van der Waals surface area contributed by atoms with Crippen molar-refractivity contribution < 1.29 is 33.5 Å². The van der Waals surface area contributed by atoms with E-state index in [1.54, 1.807) is 23.5 Å². The third-order valence-corrected chi connectivity index (χ3v) is 4.48. The summed E-state index contributed by atoms with van der Waals surface area (Å²) in [6.07, 6.45) is 4.00. The van der Waals surface area contributed by atoms with Gasteiger partial charge in [-0.1, -0.05) is 23.5 Å². The molecule has 4 nitrogen and oxygen atoms in total. The van der Waals surface area contributed by atoms with Gasteiger partial charge in [0.05, 0.1) is 4.92 Å². The molecular weight excluding hydrogens is 411 g/mol.